The third-order valence-corrected chi connectivity index (χ3v) is 3.84. The van der Waals surface area contributed by atoms with E-state index in [1.807, 2.05) is 31.2 Å². The van der Waals surface area contributed by atoms with Crippen LogP contribution in [0.15, 0.2) is 53.6 Å². The first kappa shape index (κ1) is 18.3. The predicted molar refractivity (Wildman–Crippen MR) is 104 cm³/mol. The topological polar surface area (TPSA) is 110 Å². The lowest BCUT2D eigenvalue weighted by molar-refractivity contribution is -0.384. The summed E-state index contributed by atoms with van der Waals surface area (Å²) in [6.45, 7) is 2.52. The Kier molecular flexibility index (Phi) is 5.57. The van der Waals surface area contributed by atoms with Gasteiger partial charge in [-0.3, -0.25) is 10.1 Å². The number of nitro benzene ring substituents is 1. The number of hydrogen-bond donors (Lipinski definition) is 2. The van der Waals surface area contributed by atoms with Crippen LogP contribution in [0.3, 0.4) is 0 Å². The fourth-order valence-electron chi connectivity index (χ4n) is 2.29. The molecule has 0 fully saturated rings. The molecule has 138 valence electrons. The van der Waals surface area contributed by atoms with Crippen LogP contribution in [0.5, 0.6) is 5.75 Å². The minimum atomic E-state index is -0.451. The second kappa shape index (κ2) is 8.23. The highest BCUT2D eigenvalue weighted by molar-refractivity contribution is 7.71. The molecule has 3 rings (SSSR count). The first-order valence-electron chi connectivity index (χ1n) is 8.02. The number of rotatable bonds is 7. The normalized spacial score (nSPS) is 10.9. The predicted octanol–water partition coefficient (Wildman–Crippen LogP) is 3.49. The number of nitro groups is 1. The molecule has 1 heterocycles. The van der Waals surface area contributed by atoms with Crippen LogP contribution in [0.25, 0.3) is 11.4 Å². The van der Waals surface area contributed by atoms with Gasteiger partial charge >= 0.3 is 0 Å². The Bertz CT molecular complexity index is 1010. The van der Waals surface area contributed by atoms with E-state index >= 15 is 0 Å². The molecule has 27 heavy (non-hydrogen) atoms. The van der Waals surface area contributed by atoms with Gasteiger partial charge < -0.3 is 4.74 Å². The highest BCUT2D eigenvalue weighted by atomic mass is 32.1. The van der Waals surface area contributed by atoms with E-state index in [2.05, 4.69) is 20.8 Å². The molecule has 0 radical (unpaired) electrons. The van der Waals surface area contributed by atoms with Crippen molar-refractivity contribution in [1.82, 2.24) is 14.9 Å². The molecule has 0 aliphatic heterocycles. The van der Waals surface area contributed by atoms with E-state index in [0.29, 0.717) is 22.8 Å². The largest absolute Gasteiger partial charge is 0.494 e. The van der Waals surface area contributed by atoms with Crippen LogP contribution in [0.4, 0.5) is 5.69 Å². The van der Waals surface area contributed by atoms with Gasteiger partial charge in [-0.2, -0.15) is 14.9 Å². The SMILES string of the molecule is CCOc1ccc(-c2n[nH]c(=S)n2N/N=C\c2ccc([N+](=O)[O-])cc2)cc1. The molecule has 0 aliphatic carbocycles. The number of benzene rings is 2. The van der Waals surface area contributed by atoms with Crippen molar-refractivity contribution in [3.05, 3.63) is 69.0 Å². The summed E-state index contributed by atoms with van der Waals surface area (Å²) in [6.07, 6.45) is 1.53. The van der Waals surface area contributed by atoms with Crippen molar-refractivity contribution in [2.75, 3.05) is 12.1 Å². The molecular weight excluding hydrogens is 368 g/mol. The Balaban J connectivity index is 1.76. The summed E-state index contributed by atoms with van der Waals surface area (Å²) in [5, 5.41) is 21.7. The Hall–Kier alpha value is -3.53. The van der Waals surface area contributed by atoms with Crippen molar-refractivity contribution in [3.63, 3.8) is 0 Å². The molecule has 0 atom stereocenters. The minimum absolute atomic E-state index is 0.0231. The Labute approximate surface area is 159 Å². The first-order valence-corrected chi connectivity index (χ1v) is 8.43. The molecule has 10 heteroatoms. The molecule has 0 spiro atoms. The zero-order chi connectivity index (χ0) is 19.2. The fourth-order valence-corrected chi connectivity index (χ4v) is 2.47. The van der Waals surface area contributed by atoms with Gasteiger partial charge in [-0.15, -0.1) is 0 Å². The summed E-state index contributed by atoms with van der Waals surface area (Å²) < 4.78 is 7.30. The van der Waals surface area contributed by atoms with E-state index < -0.39 is 4.92 Å². The average molecular weight is 384 g/mol. The molecule has 9 nitrogen and oxygen atoms in total. The zero-order valence-corrected chi connectivity index (χ0v) is 15.1. The van der Waals surface area contributed by atoms with Crippen molar-refractivity contribution in [3.8, 4) is 17.1 Å². The molecule has 0 saturated heterocycles. The summed E-state index contributed by atoms with van der Waals surface area (Å²) in [7, 11) is 0. The van der Waals surface area contributed by atoms with Gasteiger partial charge in [0.1, 0.15) is 5.75 Å². The quantitative estimate of drug-likeness (QED) is 0.279. The van der Waals surface area contributed by atoms with Crippen molar-refractivity contribution in [2.24, 2.45) is 5.10 Å². The molecule has 0 aliphatic rings. The number of aromatic amines is 1. The summed E-state index contributed by atoms with van der Waals surface area (Å²) in [5.74, 6) is 1.33. The standard InChI is InChI=1S/C17H16N6O3S/c1-2-26-15-9-5-13(6-10-15)16-19-20-17(27)22(16)21-18-11-12-3-7-14(8-4-12)23(24)25/h3-11,21H,2H2,1H3,(H,20,27)/b18-11-. The lowest BCUT2D eigenvalue weighted by Gasteiger charge is -2.07. The maximum absolute atomic E-state index is 10.7. The van der Waals surface area contributed by atoms with Gasteiger partial charge in [0.2, 0.25) is 4.77 Å². The van der Waals surface area contributed by atoms with E-state index in [4.69, 9.17) is 17.0 Å². The number of ether oxygens (including phenoxy) is 1. The number of hydrazone groups is 1. The summed E-state index contributed by atoms with van der Waals surface area (Å²) >= 11 is 5.22. The lowest BCUT2D eigenvalue weighted by atomic mass is 10.2. The van der Waals surface area contributed by atoms with E-state index in [1.54, 1.807) is 12.1 Å². The molecular formula is C17H16N6O3S. The highest BCUT2D eigenvalue weighted by Crippen LogP contribution is 2.20. The number of H-pyrrole nitrogens is 1. The highest BCUT2D eigenvalue weighted by Gasteiger charge is 2.08. The zero-order valence-electron chi connectivity index (χ0n) is 14.3. The van der Waals surface area contributed by atoms with Crippen LogP contribution in [0.2, 0.25) is 0 Å². The van der Waals surface area contributed by atoms with Crippen molar-refractivity contribution in [1.29, 1.82) is 0 Å². The number of aromatic nitrogens is 3. The Morgan fingerprint density at radius 1 is 1.30 bits per heavy atom. The summed E-state index contributed by atoms with van der Waals surface area (Å²) in [6, 6.07) is 13.5. The molecule has 2 aromatic carbocycles. The molecule has 0 bridgehead atoms. The first-order chi connectivity index (χ1) is 13.1. The number of nitrogens with zero attached hydrogens (tertiary/aromatic N) is 4. The second-order valence-electron chi connectivity index (χ2n) is 5.35. The minimum Gasteiger partial charge on any atom is -0.494 e. The Morgan fingerprint density at radius 2 is 2.00 bits per heavy atom. The smallest absolute Gasteiger partial charge is 0.269 e. The second-order valence-corrected chi connectivity index (χ2v) is 5.74. The fraction of sp³-hybridized carbons (Fsp3) is 0.118. The van der Waals surface area contributed by atoms with Gasteiger partial charge in [0.05, 0.1) is 17.7 Å². The van der Waals surface area contributed by atoms with Gasteiger partial charge in [0.25, 0.3) is 5.69 Å². The number of nitrogens with one attached hydrogen (secondary N) is 2. The van der Waals surface area contributed by atoms with E-state index in [-0.39, 0.29) is 5.69 Å². The van der Waals surface area contributed by atoms with Gasteiger partial charge in [0.15, 0.2) is 5.82 Å². The van der Waals surface area contributed by atoms with Crippen LogP contribution in [0.1, 0.15) is 12.5 Å². The molecule has 0 saturated carbocycles. The van der Waals surface area contributed by atoms with Crippen LogP contribution in [-0.4, -0.2) is 32.6 Å². The molecule has 3 aromatic rings. The third kappa shape index (κ3) is 4.36. The summed E-state index contributed by atoms with van der Waals surface area (Å²) in [5.41, 5.74) is 4.35. The lowest BCUT2D eigenvalue weighted by Crippen LogP contribution is -2.10. The average Bonchev–Trinajstić information content (AvgIpc) is 3.04. The third-order valence-electron chi connectivity index (χ3n) is 3.57. The van der Waals surface area contributed by atoms with Crippen molar-refractivity contribution < 1.29 is 9.66 Å². The molecule has 2 N–H and O–H groups in total. The van der Waals surface area contributed by atoms with Gasteiger partial charge in [0, 0.05) is 17.7 Å². The van der Waals surface area contributed by atoms with E-state index in [0.717, 1.165) is 11.3 Å². The Morgan fingerprint density at radius 3 is 2.63 bits per heavy atom. The summed E-state index contributed by atoms with van der Waals surface area (Å²) in [4.78, 5) is 10.2. The van der Waals surface area contributed by atoms with Gasteiger partial charge in [-0.1, -0.05) is 0 Å². The van der Waals surface area contributed by atoms with Crippen LogP contribution in [-0.2, 0) is 0 Å². The van der Waals surface area contributed by atoms with E-state index in [9.17, 15) is 10.1 Å². The van der Waals surface area contributed by atoms with Crippen molar-refractivity contribution >= 4 is 24.1 Å². The van der Waals surface area contributed by atoms with Crippen LogP contribution in [0, 0.1) is 14.9 Å². The molecule has 1 aromatic heterocycles. The number of hydrogen-bond acceptors (Lipinski definition) is 7. The maximum atomic E-state index is 10.7. The van der Waals surface area contributed by atoms with Crippen molar-refractivity contribution in [2.45, 2.75) is 6.92 Å². The molecule has 0 unspecified atom stereocenters. The number of non-ortho nitro benzene ring substituents is 1. The molecule has 0 amide bonds. The monoisotopic (exact) mass is 384 g/mol. The van der Waals surface area contributed by atoms with E-state index in [1.165, 1.54) is 23.0 Å². The van der Waals surface area contributed by atoms with Crippen LogP contribution >= 0.6 is 12.2 Å². The van der Waals surface area contributed by atoms with Crippen LogP contribution < -0.4 is 10.3 Å². The van der Waals surface area contributed by atoms with Gasteiger partial charge in [-0.25, -0.2) is 10.6 Å². The van der Waals surface area contributed by atoms with Gasteiger partial charge in [-0.05, 0) is 61.1 Å². The maximum Gasteiger partial charge on any atom is 0.269 e.